The van der Waals surface area contributed by atoms with Crippen LogP contribution in [-0.4, -0.2) is 46.0 Å². The number of carbonyl (C=O) groups excluding carboxylic acids is 2. The van der Waals surface area contributed by atoms with E-state index >= 15 is 0 Å². The van der Waals surface area contributed by atoms with Gasteiger partial charge < -0.3 is 14.6 Å². The number of likely N-dealkylation sites (tertiary alicyclic amines) is 1. The normalized spacial score (nSPS) is 14.4. The summed E-state index contributed by atoms with van der Waals surface area (Å²) in [4.78, 5) is 27.0. The summed E-state index contributed by atoms with van der Waals surface area (Å²) in [5, 5.41) is 11.3. The maximum atomic E-state index is 12.6. The summed E-state index contributed by atoms with van der Waals surface area (Å²) in [6.45, 7) is 5.23. The largest absolute Gasteiger partial charge is 0.421 e. The summed E-state index contributed by atoms with van der Waals surface area (Å²) >= 11 is 0. The molecular formula is C25H28N4O3. The molecule has 0 unspecified atom stereocenters. The van der Waals surface area contributed by atoms with E-state index in [0.29, 0.717) is 43.3 Å². The van der Waals surface area contributed by atoms with Gasteiger partial charge in [-0.1, -0.05) is 35.9 Å². The van der Waals surface area contributed by atoms with Gasteiger partial charge in [0.05, 0.1) is 0 Å². The molecule has 2 amide bonds. The Morgan fingerprint density at radius 2 is 1.75 bits per heavy atom. The molecule has 0 radical (unpaired) electrons. The van der Waals surface area contributed by atoms with Gasteiger partial charge >= 0.3 is 0 Å². The summed E-state index contributed by atoms with van der Waals surface area (Å²) in [7, 11) is 0. The lowest BCUT2D eigenvalue weighted by Crippen LogP contribution is -2.46. The summed E-state index contributed by atoms with van der Waals surface area (Å²) in [5.41, 5.74) is 3.70. The highest BCUT2D eigenvalue weighted by molar-refractivity contribution is 5.95. The maximum absolute atomic E-state index is 12.6. The van der Waals surface area contributed by atoms with E-state index in [1.807, 2.05) is 67.3 Å². The van der Waals surface area contributed by atoms with E-state index in [0.717, 1.165) is 29.5 Å². The van der Waals surface area contributed by atoms with Crippen LogP contribution in [0.1, 0.15) is 46.6 Å². The molecule has 7 heteroatoms. The van der Waals surface area contributed by atoms with Crippen molar-refractivity contribution in [1.82, 2.24) is 20.4 Å². The van der Waals surface area contributed by atoms with Crippen LogP contribution in [0.5, 0.6) is 0 Å². The second kappa shape index (κ2) is 9.77. The van der Waals surface area contributed by atoms with Crippen LogP contribution < -0.4 is 5.32 Å². The van der Waals surface area contributed by atoms with E-state index in [1.165, 1.54) is 0 Å². The third kappa shape index (κ3) is 5.22. The molecule has 0 aliphatic carbocycles. The fraction of sp³-hybridized carbons (Fsp3) is 0.360. The summed E-state index contributed by atoms with van der Waals surface area (Å²) in [5.74, 6) is 0.962. The molecule has 0 atom stereocenters. The second-order valence-corrected chi connectivity index (χ2v) is 8.31. The van der Waals surface area contributed by atoms with Gasteiger partial charge in [-0.2, -0.15) is 0 Å². The zero-order valence-corrected chi connectivity index (χ0v) is 18.5. The zero-order valence-electron chi connectivity index (χ0n) is 18.5. The smallest absolute Gasteiger partial charge is 0.251 e. The van der Waals surface area contributed by atoms with Crippen molar-refractivity contribution in [3.8, 4) is 11.5 Å². The van der Waals surface area contributed by atoms with E-state index < -0.39 is 0 Å². The van der Waals surface area contributed by atoms with E-state index in [9.17, 15) is 9.59 Å². The van der Waals surface area contributed by atoms with Crippen LogP contribution in [0.4, 0.5) is 0 Å². The lowest BCUT2D eigenvalue weighted by molar-refractivity contribution is -0.132. The number of benzene rings is 2. The molecule has 0 saturated carbocycles. The molecule has 1 saturated heterocycles. The third-order valence-electron chi connectivity index (χ3n) is 5.89. The molecule has 2 aromatic carbocycles. The summed E-state index contributed by atoms with van der Waals surface area (Å²) in [6, 6.07) is 15.5. The zero-order chi connectivity index (χ0) is 22.5. The molecule has 0 spiro atoms. The number of aryl methyl sites for hydroxylation is 3. The molecule has 1 aliphatic heterocycles. The molecule has 7 nitrogen and oxygen atoms in total. The summed E-state index contributed by atoms with van der Waals surface area (Å²) < 4.78 is 5.72. The van der Waals surface area contributed by atoms with Crippen molar-refractivity contribution in [3.05, 3.63) is 71.1 Å². The molecule has 1 aromatic heterocycles. The predicted molar refractivity (Wildman–Crippen MR) is 121 cm³/mol. The number of piperidine rings is 1. The van der Waals surface area contributed by atoms with Crippen LogP contribution in [0.3, 0.4) is 0 Å². The lowest BCUT2D eigenvalue weighted by Gasteiger charge is -2.32. The van der Waals surface area contributed by atoms with Crippen LogP contribution >= 0.6 is 0 Å². The highest BCUT2D eigenvalue weighted by Gasteiger charge is 2.24. The number of nitrogens with one attached hydrogen (secondary N) is 1. The Kier molecular flexibility index (Phi) is 6.63. The van der Waals surface area contributed by atoms with Gasteiger partial charge in [0, 0.05) is 43.1 Å². The maximum Gasteiger partial charge on any atom is 0.251 e. The van der Waals surface area contributed by atoms with Gasteiger partial charge in [-0.05, 0) is 50.5 Å². The average molecular weight is 433 g/mol. The molecule has 32 heavy (non-hydrogen) atoms. The Bertz CT molecular complexity index is 1080. The number of hydrogen-bond acceptors (Lipinski definition) is 5. The minimum atomic E-state index is -0.0475. The van der Waals surface area contributed by atoms with Gasteiger partial charge in [0.15, 0.2) is 0 Å². The third-order valence-corrected chi connectivity index (χ3v) is 5.89. The Hall–Kier alpha value is -3.48. The highest BCUT2D eigenvalue weighted by Crippen LogP contribution is 2.19. The van der Waals surface area contributed by atoms with Crippen LogP contribution in [-0.2, 0) is 11.2 Å². The quantitative estimate of drug-likeness (QED) is 0.642. The lowest BCUT2D eigenvalue weighted by atomic mass is 10.0. The fourth-order valence-electron chi connectivity index (χ4n) is 3.90. The van der Waals surface area contributed by atoms with E-state index in [-0.39, 0.29) is 17.9 Å². The number of nitrogens with zero attached hydrogens (tertiary/aromatic N) is 3. The Balaban J connectivity index is 1.23. The minimum Gasteiger partial charge on any atom is -0.421 e. The molecule has 4 rings (SSSR count). The van der Waals surface area contributed by atoms with Gasteiger partial charge in [0.25, 0.3) is 5.91 Å². The van der Waals surface area contributed by atoms with Gasteiger partial charge in [-0.25, -0.2) is 0 Å². The fourth-order valence-corrected chi connectivity index (χ4v) is 3.90. The number of rotatable bonds is 6. The van der Waals surface area contributed by atoms with Gasteiger partial charge in [0.1, 0.15) is 0 Å². The first-order valence-electron chi connectivity index (χ1n) is 11.0. The first kappa shape index (κ1) is 21.7. The van der Waals surface area contributed by atoms with Gasteiger partial charge in [-0.15, -0.1) is 10.2 Å². The molecular weight excluding hydrogens is 404 g/mol. The van der Waals surface area contributed by atoms with Crippen LogP contribution in [0, 0.1) is 13.8 Å². The highest BCUT2D eigenvalue weighted by atomic mass is 16.4. The number of carbonyl (C=O) groups is 2. The molecule has 2 heterocycles. The number of amides is 2. The van der Waals surface area contributed by atoms with Crippen molar-refractivity contribution >= 4 is 11.8 Å². The van der Waals surface area contributed by atoms with E-state index in [2.05, 4.69) is 15.5 Å². The molecule has 1 fully saturated rings. The van der Waals surface area contributed by atoms with E-state index in [4.69, 9.17) is 4.42 Å². The Morgan fingerprint density at radius 1 is 1.03 bits per heavy atom. The average Bonchev–Trinajstić information content (AvgIpc) is 3.28. The second-order valence-electron chi connectivity index (χ2n) is 8.31. The topological polar surface area (TPSA) is 88.3 Å². The van der Waals surface area contributed by atoms with Gasteiger partial charge in [-0.3, -0.25) is 9.59 Å². The SMILES string of the molecule is Cc1ccc(-c2nnc(CCC(=O)N3CCC(NC(=O)c4ccccc4C)CC3)o2)cc1. The predicted octanol–water partition coefficient (Wildman–Crippen LogP) is 3.71. The minimum absolute atomic E-state index is 0.0475. The Labute approximate surface area is 187 Å². The molecule has 166 valence electrons. The van der Waals surface area contributed by atoms with Crippen molar-refractivity contribution in [3.63, 3.8) is 0 Å². The van der Waals surface area contributed by atoms with E-state index in [1.54, 1.807) is 0 Å². The number of hydrogen-bond donors (Lipinski definition) is 1. The first-order valence-corrected chi connectivity index (χ1v) is 11.0. The van der Waals surface area contributed by atoms with Gasteiger partial charge in [0.2, 0.25) is 17.7 Å². The number of aromatic nitrogens is 2. The van der Waals surface area contributed by atoms with Crippen molar-refractivity contribution in [1.29, 1.82) is 0 Å². The van der Waals surface area contributed by atoms with Crippen LogP contribution in [0.25, 0.3) is 11.5 Å². The molecule has 1 N–H and O–H groups in total. The Morgan fingerprint density at radius 3 is 2.47 bits per heavy atom. The van der Waals surface area contributed by atoms with Crippen molar-refractivity contribution in [2.24, 2.45) is 0 Å². The molecule has 3 aromatic rings. The van der Waals surface area contributed by atoms with Crippen molar-refractivity contribution in [2.45, 2.75) is 45.6 Å². The monoisotopic (exact) mass is 432 g/mol. The van der Waals surface area contributed by atoms with Crippen molar-refractivity contribution < 1.29 is 14.0 Å². The molecule has 1 aliphatic rings. The van der Waals surface area contributed by atoms with Crippen LogP contribution in [0.15, 0.2) is 52.9 Å². The van der Waals surface area contributed by atoms with Crippen LogP contribution in [0.2, 0.25) is 0 Å². The van der Waals surface area contributed by atoms with Crippen molar-refractivity contribution in [2.75, 3.05) is 13.1 Å². The standard InChI is InChI=1S/C25H28N4O3/c1-17-7-9-19(10-8-17)25-28-27-22(32-25)11-12-23(30)29-15-13-20(14-16-29)26-24(31)21-6-4-3-5-18(21)2/h3-10,20H,11-16H2,1-2H3,(H,26,31). The molecule has 0 bridgehead atoms. The first-order chi connectivity index (χ1) is 15.5. The summed E-state index contributed by atoms with van der Waals surface area (Å²) in [6.07, 6.45) is 2.25.